The third-order valence-corrected chi connectivity index (χ3v) is 7.17. The topological polar surface area (TPSA) is 50.2 Å². The highest BCUT2D eigenvalue weighted by atomic mass is 19.1. The summed E-state index contributed by atoms with van der Waals surface area (Å²) in [6, 6.07) is 25.4. The summed E-state index contributed by atoms with van der Waals surface area (Å²) in [5, 5.41) is 3.23. The van der Waals surface area contributed by atoms with E-state index in [1.807, 2.05) is 42.5 Å². The molecule has 186 valence electrons. The van der Waals surface area contributed by atoms with E-state index in [-0.39, 0.29) is 23.7 Å². The summed E-state index contributed by atoms with van der Waals surface area (Å²) in [6.45, 7) is 4.00. The average molecular weight is 485 g/mol. The van der Waals surface area contributed by atoms with Gasteiger partial charge in [-0.15, -0.1) is 0 Å². The lowest BCUT2D eigenvalue weighted by atomic mass is 9.95. The Kier molecular flexibility index (Phi) is 7.31. The molecule has 36 heavy (non-hydrogen) atoms. The first-order valence-electron chi connectivity index (χ1n) is 12.9. The molecule has 1 N–H and O–H groups in total. The van der Waals surface area contributed by atoms with Gasteiger partial charge in [-0.1, -0.05) is 60.7 Å². The minimum absolute atomic E-state index is 0.00446. The van der Waals surface area contributed by atoms with E-state index in [1.54, 1.807) is 6.07 Å². The van der Waals surface area contributed by atoms with Crippen molar-refractivity contribution < 1.29 is 9.18 Å². The van der Waals surface area contributed by atoms with Crippen molar-refractivity contribution in [2.75, 3.05) is 18.0 Å². The Bertz CT molecular complexity index is 1310. The molecule has 4 aromatic rings. The number of hydrogen-bond acceptors (Lipinski definition) is 3. The minimum Gasteiger partial charge on any atom is -0.353 e. The van der Waals surface area contributed by atoms with Crippen LogP contribution in [0, 0.1) is 11.7 Å². The maximum atomic E-state index is 14.5. The molecule has 5 rings (SSSR count). The number of benzene rings is 3. The Labute approximate surface area is 212 Å². The van der Waals surface area contributed by atoms with Crippen molar-refractivity contribution in [1.29, 1.82) is 0 Å². The zero-order valence-corrected chi connectivity index (χ0v) is 20.7. The standard InChI is InChI=1S/C30H33FN4O/c1-22(15-16-23-9-3-2-4-10-23)32-29(36)24-17-19-34(20-18-24)30-33-27-13-7-8-14-28(27)35(30)21-25-11-5-6-12-26(25)31/h2-14,22,24H,15-21H2,1H3,(H,32,36)/t22-/m0/s1. The van der Waals surface area contributed by atoms with Crippen molar-refractivity contribution in [3.63, 3.8) is 0 Å². The van der Waals surface area contributed by atoms with Gasteiger partial charge in [-0.2, -0.15) is 0 Å². The summed E-state index contributed by atoms with van der Waals surface area (Å²) in [6.07, 6.45) is 3.44. The van der Waals surface area contributed by atoms with Crippen LogP contribution in [0.4, 0.5) is 10.3 Å². The van der Waals surface area contributed by atoms with Crippen molar-refractivity contribution in [3.05, 3.63) is 95.8 Å². The van der Waals surface area contributed by atoms with Gasteiger partial charge in [0.1, 0.15) is 5.82 Å². The number of nitrogens with zero attached hydrogens (tertiary/aromatic N) is 3. The number of amides is 1. The number of carbonyl (C=O) groups is 1. The first kappa shape index (κ1) is 24.0. The fraction of sp³-hybridized carbons (Fsp3) is 0.333. The van der Waals surface area contributed by atoms with Crippen molar-refractivity contribution in [2.45, 2.75) is 45.2 Å². The van der Waals surface area contributed by atoms with Crippen LogP contribution in [0.3, 0.4) is 0 Å². The molecule has 0 radical (unpaired) electrons. The van der Waals surface area contributed by atoms with Gasteiger partial charge in [0.25, 0.3) is 0 Å². The van der Waals surface area contributed by atoms with Gasteiger partial charge in [-0.25, -0.2) is 9.37 Å². The predicted octanol–water partition coefficient (Wildman–Crippen LogP) is 5.58. The first-order chi connectivity index (χ1) is 17.6. The van der Waals surface area contributed by atoms with Crippen molar-refractivity contribution in [1.82, 2.24) is 14.9 Å². The quantitative estimate of drug-likeness (QED) is 0.355. The number of aryl methyl sites for hydroxylation is 1. The Balaban J connectivity index is 1.23. The number of anilines is 1. The molecule has 0 bridgehead atoms. The largest absolute Gasteiger partial charge is 0.353 e. The molecule has 3 aromatic carbocycles. The molecule has 1 aromatic heterocycles. The maximum Gasteiger partial charge on any atom is 0.223 e. The van der Waals surface area contributed by atoms with Gasteiger partial charge in [0, 0.05) is 30.6 Å². The number of nitrogens with one attached hydrogen (secondary N) is 1. The zero-order valence-electron chi connectivity index (χ0n) is 20.7. The number of para-hydroxylation sites is 2. The number of rotatable bonds is 8. The van der Waals surface area contributed by atoms with Gasteiger partial charge in [0.15, 0.2) is 0 Å². The summed E-state index contributed by atoms with van der Waals surface area (Å²) >= 11 is 0. The van der Waals surface area contributed by atoms with E-state index in [1.165, 1.54) is 11.6 Å². The van der Waals surface area contributed by atoms with Gasteiger partial charge in [-0.3, -0.25) is 4.79 Å². The normalized spacial score (nSPS) is 15.2. The SMILES string of the molecule is C[C@@H](CCc1ccccc1)NC(=O)C1CCN(c2nc3ccccc3n2Cc2ccccc2F)CC1. The third-order valence-electron chi connectivity index (χ3n) is 7.17. The average Bonchev–Trinajstić information content (AvgIpc) is 3.28. The Hall–Kier alpha value is -3.67. The molecule has 0 unspecified atom stereocenters. The van der Waals surface area contributed by atoms with E-state index in [0.29, 0.717) is 12.1 Å². The van der Waals surface area contributed by atoms with Crippen LogP contribution in [-0.4, -0.2) is 34.6 Å². The van der Waals surface area contributed by atoms with Crippen LogP contribution in [-0.2, 0) is 17.8 Å². The molecule has 1 fully saturated rings. The second kappa shape index (κ2) is 10.9. The summed E-state index contributed by atoms with van der Waals surface area (Å²) in [5.41, 5.74) is 3.82. The predicted molar refractivity (Wildman–Crippen MR) is 143 cm³/mol. The molecule has 0 saturated carbocycles. The van der Waals surface area contributed by atoms with E-state index in [2.05, 4.69) is 46.0 Å². The summed E-state index contributed by atoms with van der Waals surface area (Å²) in [4.78, 5) is 20.1. The molecule has 1 aliphatic heterocycles. The van der Waals surface area contributed by atoms with Gasteiger partial charge in [-0.05, 0) is 56.4 Å². The maximum absolute atomic E-state index is 14.5. The van der Waals surface area contributed by atoms with Gasteiger partial charge < -0.3 is 14.8 Å². The summed E-state index contributed by atoms with van der Waals surface area (Å²) < 4.78 is 16.6. The minimum atomic E-state index is -0.210. The number of piperidine rings is 1. The molecule has 5 nitrogen and oxygen atoms in total. The monoisotopic (exact) mass is 484 g/mol. The summed E-state index contributed by atoms with van der Waals surface area (Å²) in [5.74, 6) is 0.785. The number of imidazole rings is 1. The zero-order chi connectivity index (χ0) is 24.9. The van der Waals surface area contributed by atoms with Gasteiger partial charge >= 0.3 is 0 Å². The van der Waals surface area contributed by atoms with E-state index in [0.717, 1.165) is 55.8 Å². The van der Waals surface area contributed by atoms with Crippen LogP contribution in [0.25, 0.3) is 11.0 Å². The van der Waals surface area contributed by atoms with Crippen molar-refractivity contribution in [3.8, 4) is 0 Å². The second-order valence-electron chi connectivity index (χ2n) is 9.77. The van der Waals surface area contributed by atoms with E-state index in [9.17, 15) is 9.18 Å². The summed E-state index contributed by atoms with van der Waals surface area (Å²) in [7, 11) is 0. The number of aromatic nitrogens is 2. The van der Waals surface area contributed by atoms with Crippen molar-refractivity contribution in [2.24, 2.45) is 5.92 Å². The number of hydrogen-bond donors (Lipinski definition) is 1. The molecule has 1 aliphatic rings. The van der Waals surface area contributed by atoms with Crippen LogP contribution in [0.15, 0.2) is 78.9 Å². The fourth-order valence-electron chi connectivity index (χ4n) is 5.06. The van der Waals surface area contributed by atoms with E-state index < -0.39 is 0 Å². The van der Waals surface area contributed by atoms with Gasteiger partial charge in [0.2, 0.25) is 11.9 Å². The Morgan fingerprint density at radius 3 is 2.47 bits per heavy atom. The molecule has 2 heterocycles. The molecular weight excluding hydrogens is 451 g/mol. The molecule has 1 amide bonds. The first-order valence-corrected chi connectivity index (χ1v) is 12.9. The molecule has 1 saturated heterocycles. The highest BCUT2D eigenvalue weighted by Crippen LogP contribution is 2.28. The van der Waals surface area contributed by atoms with Crippen LogP contribution < -0.4 is 10.2 Å². The smallest absolute Gasteiger partial charge is 0.223 e. The highest BCUT2D eigenvalue weighted by molar-refractivity contribution is 5.80. The molecule has 1 atom stereocenters. The second-order valence-corrected chi connectivity index (χ2v) is 9.77. The molecule has 0 spiro atoms. The lowest BCUT2D eigenvalue weighted by molar-refractivity contribution is -0.126. The highest BCUT2D eigenvalue weighted by Gasteiger charge is 2.28. The third kappa shape index (κ3) is 5.43. The van der Waals surface area contributed by atoms with E-state index >= 15 is 0 Å². The molecule has 0 aliphatic carbocycles. The lowest BCUT2D eigenvalue weighted by Crippen LogP contribution is -2.43. The molecular formula is C30H33FN4O. The number of fused-ring (bicyclic) bond motifs is 1. The number of carbonyl (C=O) groups excluding carboxylic acids is 1. The van der Waals surface area contributed by atoms with Crippen molar-refractivity contribution >= 4 is 22.9 Å². The lowest BCUT2D eigenvalue weighted by Gasteiger charge is -2.33. The fourth-order valence-corrected chi connectivity index (χ4v) is 5.06. The Morgan fingerprint density at radius 1 is 1.00 bits per heavy atom. The van der Waals surface area contributed by atoms with Crippen LogP contribution in [0.5, 0.6) is 0 Å². The molecule has 6 heteroatoms. The van der Waals surface area contributed by atoms with Gasteiger partial charge in [0.05, 0.1) is 17.6 Å². The van der Waals surface area contributed by atoms with Crippen LogP contribution >= 0.6 is 0 Å². The van der Waals surface area contributed by atoms with E-state index in [4.69, 9.17) is 4.98 Å². The van der Waals surface area contributed by atoms with Crippen LogP contribution in [0.1, 0.15) is 37.3 Å². The Morgan fingerprint density at radius 2 is 1.69 bits per heavy atom. The number of halogens is 1. The van der Waals surface area contributed by atoms with Crippen LogP contribution in [0.2, 0.25) is 0 Å².